The quantitative estimate of drug-likeness (QED) is 0.434. The first-order valence-corrected chi connectivity index (χ1v) is 10.4. The van der Waals surface area contributed by atoms with Gasteiger partial charge in [0.25, 0.3) is 6.04 Å². The van der Waals surface area contributed by atoms with Gasteiger partial charge in [-0.15, -0.1) is 0 Å². The minimum absolute atomic E-state index is 0. The minimum Gasteiger partial charge on any atom is -0.344 e. The van der Waals surface area contributed by atoms with E-state index in [1.54, 1.807) is 0 Å². The SMILES string of the molecule is N.O=C1CCCCCCCCCCCCCCCCCCC1[N+](=O)[O-]. The summed E-state index contributed by atoms with van der Waals surface area (Å²) in [5.41, 5.74) is 0. The number of carbonyl (C=O) groups is 1. The van der Waals surface area contributed by atoms with Gasteiger partial charge in [0.1, 0.15) is 0 Å². The van der Waals surface area contributed by atoms with Crippen LogP contribution in [-0.2, 0) is 4.79 Å². The molecule has 1 unspecified atom stereocenters. The highest BCUT2D eigenvalue weighted by atomic mass is 16.6. The molecular formula is C20H40N2O3. The number of nitrogens with zero attached hydrogens (tertiary/aromatic N) is 1. The van der Waals surface area contributed by atoms with E-state index < -0.39 is 6.04 Å². The molecule has 0 aromatic rings. The maximum Gasteiger partial charge on any atom is 0.270 e. The number of nitro groups is 1. The first-order chi connectivity index (χ1) is 11.7. The summed E-state index contributed by atoms with van der Waals surface area (Å²) in [6.07, 6.45) is 20.1. The van der Waals surface area contributed by atoms with Crippen molar-refractivity contribution in [2.45, 2.75) is 122 Å². The summed E-state index contributed by atoms with van der Waals surface area (Å²) in [6, 6.07) is -0.949. The Bertz CT molecular complexity index is 348. The van der Waals surface area contributed by atoms with Gasteiger partial charge in [-0.05, 0) is 12.8 Å². The van der Waals surface area contributed by atoms with Crippen LogP contribution in [0.5, 0.6) is 0 Å². The molecule has 0 bridgehead atoms. The van der Waals surface area contributed by atoms with Crippen molar-refractivity contribution in [2.75, 3.05) is 0 Å². The molecule has 1 fully saturated rings. The van der Waals surface area contributed by atoms with E-state index in [0.717, 1.165) is 38.5 Å². The third-order valence-electron chi connectivity index (χ3n) is 5.28. The molecule has 1 aliphatic carbocycles. The lowest BCUT2D eigenvalue weighted by Crippen LogP contribution is -2.29. The molecule has 0 spiro atoms. The van der Waals surface area contributed by atoms with Crippen LogP contribution in [0.25, 0.3) is 0 Å². The largest absolute Gasteiger partial charge is 0.344 e. The van der Waals surface area contributed by atoms with Crippen LogP contribution in [0.3, 0.4) is 0 Å². The van der Waals surface area contributed by atoms with Gasteiger partial charge in [-0.25, -0.2) is 0 Å². The van der Waals surface area contributed by atoms with E-state index in [-0.39, 0.29) is 16.9 Å². The number of rotatable bonds is 1. The van der Waals surface area contributed by atoms with Gasteiger partial charge in [-0.2, -0.15) is 0 Å². The standard InChI is InChI=1S/C20H37NO3.H3N/c22-20-18-16-14-12-10-8-6-4-2-1-3-5-7-9-11-13-15-17-19(20)21(23)24;/h19H,1-18H2;1H3. The molecule has 25 heavy (non-hydrogen) atoms. The highest BCUT2D eigenvalue weighted by Crippen LogP contribution is 2.17. The summed E-state index contributed by atoms with van der Waals surface area (Å²) in [5.74, 6) is -0.144. The summed E-state index contributed by atoms with van der Waals surface area (Å²) in [5, 5.41) is 11.1. The third kappa shape index (κ3) is 13.0. The Balaban J connectivity index is 0.00000576. The topological polar surface area (TPSA) is 95.2 Å². The number of ketones is 1. The average molecular weight is 357 g/mol. The lowest BCUT2D eigenvalue weighted by Gasteiger charge is -2.09. The second-order valence-electron chi connectivity index (χ2n) is 7.46. The van der Waals surface area contributed by atoms with Gasteiger partial charge in [0.05, 0.1) is 0 Å². The Kier molecular flexibility index (Phi) is 15.9. The first-order valence-electron chi connectivity index (χ1n) is 10.4. The van der Waals surface area contributed by atoms with Gasteiger partial charge in [-0.3, -0.25) is 14.9 Å². The van der Waals surface area contributed by atoms with E-state index in [1.165, 1.54) is 64.2 Å². The van der Waals surface area contributed by atoms with Crippen molar-refractivity contribution in [3.63, 3.8) is 0 Å². The van der Waals surface area contributed by atoms with Gasteiger partial charge in [0.15, 0.2) is 0 Å². The van der Waals surface area contributed by atoms with E-state index in [9.17, 15) is 14.9 Å². The van der Waals surface area contributed by atoms with E-state index in [2.05, 4.69) is 0 Å². The fourth-order valence-electron chi connectivity index (χ4n) is 3.66. The second kappa shape index (κ2) is 16.5. The monoisotopic (exact) mass is 356 g/mol. The number of hydrogen-bond acceptors (Lipinski definition) is 4. The molecule has 1 aliphatic rings. The molecule has 3 N–H and O–H groups in total. The van der Waals surface area contributed by atoms with E-state index in [0.29, 0.717) is 12.8 Å². The minimum atomic E-state index is -0.949. The van der Waals surface area contributed by atoms with Gasteiger partial charge in [0, 0.05) is 17.8 Å². The first kappa shape index (κ1) is 24.0. The van der Waals surface area contributed by atoms with Crippen LogP contribution in [0.4, 0.5) is 0 Å². The number of hydrogen-bond donors (Lipinski definition) is 1. The molecule has 0 aliphatic heterocycles. The number of Topliss-reactive ketones (excluding diaryl/α,β-unsaturated/α-hetero) is 1. The Hall–Kier alpha value is -0.970. The van der Waals surface area contributed by atoms with Gasteiger partial charge in [-0.1, -0.05) is 89.9 Å². The molecule has 5 nitrogen and oxygen atoms in total. The summed E-state index contributed by atoms with van der Waals surface area (Å²) in [7, 11) is 0. The molecule has 0 aromatic heterocycles. The van der Waals surface area contributed by atoms with Crippen molar-refractivity contribution < 1.29 is 9.72 Å². The zero-order valence-corrected chi connectivity index (χ0v) is 16.2. The molecule has 0 heterocycles. The van der Waals surface area contributed by atoms with Crippen molar-refractivity contribution in [3.05, 3.63) is 10.1 Å². The van der Waals surface area contributed by atoms with E-state index in [1.807, 2.05) is 0 Å². The third-order valence-corrected chi connectivity index (χ3v) is 5.28. The predicted octanol–water partition coefficient (Wildman–Crippen LogP) is 6.40. The maximum absolute atomic E-state index is 12.1. The molecule has 1 atom stereocenters. The van der Waals surface area contributed by atoms with Gasteiger partial charge in [0.2, 0.25) is 5.78 Å². The molecule has 1 saturated carbocycles. The smallest absolute Gasteiger partial charge is 0.270 e. The van der Waals surface area contributed by atoms with Crippen LogP contribution in [-0.4, -0.2) is 16.7 Å². The summed E-state index contributed by atoms with van der Waals surface area (Å²) < 4.78 is 0. The molecule has 0 radical (unpaired) electrons. The van der Waals surface area contributed by atoms with Crippen LogP contribution in [0.2, 0.25) is 0 Å². The molecule has 0 amide bonds. The van der Waals surface area contributed by atoms with Crippen molar-refractivity contribution in [1.82, 2.24) is 6.15 Å². The molecule has 0 saturated heterocycles. The lowest BCUT2D eigenvalue weighted by molar-refractivity contribution is -0.508. The lowest BCUT2D eigenvalue weighted by atomic mass is 9.98. The maximum atomic E-state index is 12.1. The zero-order valence-electron chi connectivity index (χ0n) is 16.2. The molecule has 148 valence electrons. The molecular weight excluding hydrogens is 316 g/mol. The van der Waals surface area contributed by atoms with Crippen LogP contribution in [0, 0.1) is 10.1 Å². The fourth-order valence-corrected chi connectivity index (χ4v) is 3.66. The second-order valence-corrected chi connectivity index (χ2v) is 7.46. The number of carbonyl (C=O) groups excluding carboxylic acids is 1. The van der Waals surface area contributed by atoms with Crippen molar-refractivity contribution in [2.24, 2.45) is 0 Å². The normalized spacial score (nSPS) is 24.0. The molecule has 1 rings (SSSR count). The Labute approximate surface area is 154 Å². The fraction of sp³-hybridized carbons (Fsp3) is 0.950. The molecule has 0 aromatic carbocycles. The summed E-state index contributed by atoms with van der Waals surface area (Å²) in [6.45, 7) is 0. The van der Waals surface area contributed by atoms with Crippen LogP contribution < -0.4 is 6.15 Å². The van der Waals surface area contributed by atoms with Crippen molar-refractivity contribution in [3.8, 4) is 0 Å². The summed E-state index contributed by atoms with van der Waals surface area (Å²) in [4.78, 5) is 22.9. The zero-order chi connectivity index (χ0) is 17.5. The highest BCUT2D eigenvalue weighted by molar-refractivity contribution is 5.82. The van der Waals surface area contributed by atoms with E-state index >= 15 is 0 Å². The van der Waals surface area contributed by atoms with Crippen molar-refractivity contribution in [1.29, 1.82) is 0 Å². The Morgan fingerprint density at radius 2 is 0.960 bits per heavy atom. The van der Waals surface area contributed by atoms with Gasteiger partial charge >= 0.3 is 0 Å². The van der Waals surface area contributed by atoms with E-state index in [4.69, 9.17) is 0 Å². The average Bonchev–Trinajstić information content (AvgIpc) is 2.55. The molecule has 5 heteroatoms. The van der Waals surface area contributed by atoms with Gasteiger partial charge < -0.3 is 6.15 Å². The van der Waals surface area contributed by atoms with Crippen LogP contribution in [0.1, 0.15) is 116 Å². The Morgan fingerprint density at radius 3 is 1.32 bits per heavy atom. The van der Waals surface area contributed by atoms with Crippen molar-refractivity contribution >= 4 is 5.78 Å². The Morgan fingerprint density at radius 1 is 0.640 bits per heavy atom. The van der Waals surface area contributed by atoms with Crippen LogP contribution >= 0.6 is 0 Å². The predicted molar refractivity (Wildman–Crippen MR) is 104 cm³/mol. The highest BCUT2D eigenvalue weighted by Gasteiger charge is 2.27. The van der Waals surface area contributed by atoms with Crippen LogP contribution in [0.15, 0.2) is 0 Å². The summed E-state index contributed by atoms with van der Waals surface area (Å²) >= 11 is 0.